The second-order valence-corrected chi connectivity index (χ2v) is 5.09. The van der Waals surface area contributed by atoms with Crippen molar-refractivity contribution in [3.8, 4) is 0 Å². The molecule has 2 bridgehead atoms. The Morgan fingerprint density at radius 1 is 1.18 bits per heavy atom. The van der Waals surface area contributed by atoms with E-state index in [4.69, 9.17) is 0 Å². The number of nitrogens with one attached hydrogen (secondary N) is 1. The summed E-state index contributed by atoms with van der Waals surface area (Å²) < 4.78 is 0. The van der Waals surface area contributed by atoms with Gasteiger partial charge in [-0.25, -0.2) is 0 Å². The van der Waals surface area contributed by atoms with E-state index in [-0.39, 0.29) is 11.8 Å². The van der Waals surface area contributed by atoms with E-state index in [1.807, 2.05) is 30.3 Å². The standard InChI is InChI=1S/C15H17NO/c17-15(14-9-12-6-7-13(14)8-12)16-10-11-4-2-1-3-5-11/h1-7,12-14H,8-10H2,(H,16,17)/t12-,13+,14+/m1/s1. The molecule has 0 radical (unpaired) electrons. The van der Waals surface area contributed by atoms with E-state index in [0.29, 0.717) is 18.4 Å². The van der Waals surface area contributed by atoms with Crippen molar-refractivity contribution in [2.75, 3.05) is 0 Å². The lowest BCUT2D eigenvalue weighted by Crippen LogP contribution is -2.32. The van der Waals surface area contributed by atoms with Gasteiger partial charge in [0.15, 0.2) is 0 Å². The molecule has 0 aromatic heterocycles. The van der Waals surface area contributed by atoms with Gasteiger partial charge in [-0.3, -0.25) is 4.79 Å². The van der Waals surface area contributed by atoms with E-state index in [2.05, 4.69) is 17.5 Å². The Kier molecular flexibility index (Phi) is 2.71. The second kappa shape index (κ2) is 4.36. The van der Waals surface area contributed by atoms with Gasteiger partial charge in [0.25, 0.3) is 0 Å². The third-order valence-electron chi connectivity index (χ3n) is 3.93. The van der Waals surface area contributed by atoms with E-state index in [1.54, 1.807) is 0 Å². The molecule has 2 aliphatic carbocycles. The predicted octanol–water partition coefficient (Wildman–Crippen LogP) is 2.52. The molecule has 88 valence electrons. The Balaban J connectivity index is 1.56. The van der Waals surface area contributed by atoms with Crippen LogP contribution in [-0.4, -0.2) is 5.91 Å². The fraction of sp³-hybridized carbons (Fsp3) is 0.400. The van der Waals surface area contributed by atoms with Crippen LogP contribution in [-0.2, 0) is 11.3 Å². The Bertz CT molecular complexity index is 437. The molecule has 0 heterocycles. The fourth-order valence-electron chi connectivity index (χ4n) is 3.00. The number of allylic oxidation sites excluding steroid dienone is 2. The average molecular weight is 227 g/mol. The summed E-state index contributed by atoms with van der Waals surface area (Å²) in [5.41, 5.74) is 1.17. The number of amides is 1. The zero-order chi connectivity index (χ0) is 11.7. The second-order valence-electron chi connectivity index (χ2n) is 5.09. The van der Waals surface area contributed by atoms with Crippen molar-refractivity contribution < 1.29 is 4.79 Å². The summed E-state index contributed by atoms with van der Waals surface area (Å²) in [6, 6.07) is 10.1. The number of hydrogen-bond acceptors (Lipinski definition) is 1. The van der Waals surface area contributed by atoms with Crippen LogP contribution in [0.3, 0.4) is 0 Å². The lowest BCUT2D eigenvalue weighted by atomic mass is 9.93. The van der Waals surface area contributed by atoms with Gasteiger partial charge in [0.2, 0.25) is 5.91 Å². The van der Waals surface area contributed by atoms with Crippen LogP contribution in [0.15, 0.2) is 42.5 Å². The summed E-state index contributed by atoms with van der Waals surface area (Å²) in [5.74, 6) is 1.60. The van der Waals surface area contributed by atoms with Gasteiger partial charge in [0.05, 0.1) is 0 Å². The molecular formula is C15H17NO. The molecule has 1 amide bonds. The van der Waals surface area contributed by atoms with Crippen molar-refractivity contribution in [1.29, 1.82) is 0 Å². The van der Waals surface area contributed by atoms with Gasteiger partial charge in [0.1, 0.15) is 0 Å². The number of rotatable bonds is 3. The summed E-state index contributed by atoms with van der Waals surface area (Å²) in [5, 5.41) is 3.05. The highest BCUT2D eigenvalue weighted by molar-refractivity contribution is 5.79. The van der Waals surface area contributed by atoms with Crippen LogP contribution >= 0.6 is 0 Å². The maximum atomic E-state index is 12.1. The van der Waals surface area contributed by atoms with E-state index < -0.39 is 0 Å². The van der Waals surface area contributed by atoms with Gasteiger partial charge >= 0.3 is 0 Å². The first-order valence-corrected chi connectivity index (χ1v) is 6.33. The minimum absolute atomic E-state index is 0.216. The Morgan fingerprint density at radius 2 is 2.00 bits per heavy atom. The Labute approximate surface area is 102 Å². The molecule has 1 aromatic carbocycles. The predicted molar refractivity (Wildman–Crippen MR) is 67.1 cm³/mol. The highest BCUT2D eigenvalue weighted by atomic mass is 16.1. The van der Waals surface area contributed by atoms with E-state index in [1.165, 1.54) is 12.0 Å². The normalized spacial score (nSPS) is 29.5. The van der Waals surface area contributed by atoms with E-state index in [0.717, 1.165) is 6.42 Å². The molecule has 1 fully saturated rings. The maximum absolute atomic E-state index is 12.1. The molecule has 17 heavy (non-hydrogen) atoms. The van der Waals surface area contributed by atoms with Gasteiger partial charge in [-0.05, 0) is 30.2 Å². The topological polar surface area (TPSA) is 29.1 Å². The number of hydrogen-bond donors (Lipinski definition) is 1. The van der Waals surface area contributed by atoms with Crippen molar-refractivity contribution in [3.63, 3.8) is 0 Å². The molecular weight excluding hydrogens is 210 g/mol. The molecule has 1 aromatic rings. The summed E-state index contributed by atoms with van der Waals surface area (Å²) in [6.07, 6.45) is 6.72. The van der Waals surface area contributed by atoms with Gasteiger partial charge in [0, 0.05) is 12.5 Å². The summed E-state index contributed by atoms with van der Waals surface area (Å²) >= 11 is 0. The van der Waals surface area contributed by atoms with Crippen LogP contribution in [0.5, 0.6) is 0 Å². The zero-order valence-corrected chi connectivity index (χ0v) is 9.80. The SMILES string of the molecule is O=C(NCc1ccccc1)[C@H]1C[C@@H]2C=C[C@H]1C2. The first-order valence-electron chi connectivity index (χ1n) is 6.33. The van der Waals surface area contributed by atoms with Gasteiger partial charge < -0.3 is 5.32 Å². The summed E-state index contributed by atoms with van der Waals surface area (Å²) in [4.78, 5) is 12.1. The Morgan fingerprint density at radius 3 is 2.65 bits per heavy atom. The minimum Gasteiger partial charge on any atom is -0.352 e. The van der Waals surface area contributed by atoms with Crippen LogP contribution in [0.25, 0.3) is 0 Å². The van der Waals surface area contributed by atoms with E-state index >= 15 is 0 Å². The van der Waals surface area contributed by atoms with Crippen LogP contribution in [0, 0.1) is 17.8 Å². The number of carbonyl (C=O) groups excluding carboxylic acids is 1. The maximum Gasteiger partial charge on any atom is 0.223 e. The van der Waals surface area contributed by atoms with Crippen LogP contribution in [0.1, 0.15) is 18.4 Å². The molecule has 3 atom stereocenters. The molecule has 1 N–H and O–H groups in total. The average Bonchev–Trinajstić information content (AvgIpc) is 2.99. The molecule has 1 saturated carbocycles. The number of benzene rings is 1. The molecule has 3 rings (SSSR count). The lowest BCUT2D eigenvalue weighted by molar-refractivity contribution is -0.125. The molecule has 0 spiro atoms. The molecule has 0 aliphatic heterocycles. The van der Waals surface area contributed by atoms with Crippen molar-refractivity contribution in [2.24, 2.45) is 17.8 Å². The van der Waals surface area contributed by atoms with Gasteiger partial charge in [-0.15, -0.1) is 0 Å². The number of fused-ring (bicyclic) bond motifs is 2. The Hall–Kier alpha value is -1.57. The molecule has 0 unspecified atom stereocenters. The largest absolute Gasteiger partial charge is 0.352 e. The first-order chi connectivity index (χ1) is 8.33. The lowest BCUT2D eigenvalue weighted by Gasteiger charge is -2.17. The first kappa shape index (κ1) is 10.6. The quantitative estimate of drug-likeness (QED) is 0.790. The third kappa shape index (κ3) is 2.12. The molecule has 2 heteroatoms. The van der Waals surface area contributed by atoms with Crippen molar-refractivity contribution in [3.05, 3.63) is 48.0 Å². The van der Waals surface area contributed by atoms with Crippen LogP contribution in [0.4, 0.5) is 0 Å². The molecule has 0 saturated heterocycles. The third-order valence-corrected chi connectivity index (χ3v) is 3.93. The zero-order valence-electron chi connectivity index (χ0n) is 9.80. The van der Waals surface area contributed by atoms with Gasteiger partial charge in [-0.2, -0.15) is 0 Å². The number of carbonyl (C=O) groups is 1. The van der Waals surface area contributed by atoms with Gasteiger partial charge in [-0.1, -0.05) is 42.5 Å². The highest BCUT2D eigenvalue weighted by Crippen LogP contribution is 2.43. The molecule has 2 nitrogen and oxygen atoms in total. The monoisotopic (exact) mass is 227 g/mol. The van der Waals surface area contributed by atoms with Crippen molar-refractivity contribution >= 4 is 5.91 Å². The fourth-order valence-corrected chi connectivity index (χ4v) is 3.00. The summed E-state index contributed by atoms with van der Waals surface area (Å²) in [6.45, 7) is 0.650. The van der Waals surface area contributed by atoms with Crippen LogP contribution < -0.4 is 5.32 Å². The highest BCUT2D eigenvalue weighted by Gasteiger charge is 2.39. The van der Waals surface area contributed by atoms with E-state index in [9.17, 15) is 4.79 Å². The molecule has 2 aliphatic rings. The smallest absolute Gasteiger partial charge is 0.223 e. The van der Waals surface area contributed by atoms with Crippen molar-refractivity contribution in [1.82, 2.24) is 5.32 Å². The van der Waals surface area contributed by atoms with Crippen molar-refractivity contribution in [2.45, 2.75) is 19.4 Å². The minimum atomic E-state index is 0.216. The van der Waals surface area contributed by atoms with Crippen LogP contribution in [0.2, 0.25) is 0 Å². The summed E-state index contributed by atoms with van der Waals surface area (Å²) in [7, 11) is 0.